The first kappa shape index (κ1) is 21.4. The van der Waals surface area contributed by atoms with E-state index in [9.17, 15) is 4.79 Å². The minimum atomic E-state index is -0.451. The maximum Gasteiger partial charge on any atom is 0.254 e. The zero-order valence-corrected chi connectivity index (χ0v) is 18.9. The number of carbonyl (C=O) groups excluding carboxylic acids is 1. The summed E-state index contributed by atoms with van der Waals surface area (Å²) in [5, 5.41) is 10.6. The third-order valence-corrected chi connectivity index (χ3v) is 5.19. The molecule has 10 heteroatoms. The molecular formula is C19H23BrClN7O. The maximum absolute atomic E-state index is 12.5. The van der Waals surface area contributed by atoms with Gasteiger partial charge in [-0.1, -0.05) is 19.8 Å². The number of nitrogens with zero attached hydrogens (tertiary/aromatic N) is 5. The molecule has 154 valence electrons. The summed E-state index contributed by atoms with van der Waals surface area (Å²) >= 11 is 9.54. The Labute approximate surface area is 182 Å². The monoisotopic (exact) mass is 479 g/mol. The van der Waals surface area contributed by atoms with Crippen molar-refractivity contribution < 1.29 is 4.79 Å². The fourth-order valence-electron chi connectivity index (χ4n) is 3.02. The topological polar surface area (TPSA) is 97.6 Å². The molecule has 2 N–H and O–H groups in total. The third kappa shape index (κ3) is 5.42. The molecular weight excluding hydrogens is 458 g/mol. The van der Waals surface area contributed by atoms with Crippen LogP contribution in [0, 0.1) is 0 Å². The molecule has 3 heterocycles. The fourth-order valence-corrected chi connectivity index (χ4v) is 3.51. The van der Waals surface area contributed by atoms with E-state index in [2.05, 4.69) is 53.5 Å². The zero-order valence-electron chi connectivity index (χ0n) is 16.5. The van der Waals surface area contributed by atoms with Crippen LogP contribution in [0.2, 0.25) is 5.28 Å². The van der Waals surface area contributed by atoms with Gasteiger partial charge in [0, 0.05) is 30.5 Å². The van der Waals surface area contributed by atoms with Crippen molar-refractivity contribution in [3.8, 4) is 0 Å². The largest absolute Gasteiger partial charge is 0.361 e. The molecule has 0 saturated heterocycles. The molecule has 0 aliphatic heterocycles. The summed E-state index contributed by atoms with van der Waals surface area (Å²) in [6.07, 6.45) is 7.78. The summed E-state index contributed by atoms with van der Waals surface area (Å²) in [5.74, 6) is 0.372. The van der Waals surface area contributed by atoms with Crippen LogP contribution in [0.15, 0.2) is 29.1 Å². The molecule has 3 aromatic rings. The molecule has 1 unspecified atom stereocenters. The van der Waals surface area contributed by atoms with Crippen LogP contribution in [0.4, 0.5) is 5.82 Å². The summed E-state index contributed by atoms with van der Waals surface area (Å²) in [4.78, 5) is 25.5. The van der Waals surface area contributed by atoms with E-state index in [0.717, 1.165) is 23.7 Å². The van der Waals surface area contributed by atoms with Crippen molar-refractivity contribution in [1.82, 2.24) is 30.0 Å². The molecule has 3 aromatic heterocycles. The van der Waals surface area contributed by atoms with E-state index in [1.807, 2.05) is 13.0 Å². The van der Waals surface area contributed by atoms with Gasteiger partial charge in [0.15, 0.2) is 5.82 Å². The summed E-state index contributed by atoms with van der Waals surface area (Å²) in [6, 6.07) is 1.84. The quantitative estimate of drug-likeness (QED) is 0.474. The highest BCUT2D eigenvalue weighted by atomic mass is 79.9. The molecule has 0 radical (unpaired) electrons. The Morgan fingerprint density at radius 2 is 2.14 bits per heavy atom. The molecule has 0 spiro atoms. The highest BCUT2D eigenvalue weighted by molar-refractivity contribution is 9.10. The average molecular weight is 481 g/mol. The summed E-state index contributed by atoms with van der Waals surface area (Å²) in [6.45, 7) is 4.58. The number of carbonyl (C=O) groups is 1. The van der Waals surface area contributed by atoms with E-state index in [4.69, 9.17) is 11.6 Å². The molecule has 8 nitrogen and oxygen atoms in total. The lowest BCUT2D eigenvalue weighted by Crippen LogP contribution is -2.46. The molecule has 29 heavy (non-hydrogen) atoms. The van der Waals surface area contributed by atoms with Crippen LogP contribution >= 0.6 is 27.5 Å². The number of aryl methyl sites for hydroxylation is 1. The maximum atomic E-state index is 12.5. The van der Waals surface area contributed by atoms with Crippen LogP contribution < -0.4 is 10.6 Å². The van der Waals surface area contributed by atoms with Gasteiger partial charge in [-0.05, 0) is 46.9 Å². The smallest absolute Gasteiger partial charge is 0.254 e. The normalized spacial score (nSPS) is 13.3. The van der Waals surface area contributed by atoms with Crippen molar-refractivity contribution in [1.29, 1.82) is 0 Å². The van der Waals surface area contributed by atoms with Gasteiger partial charge in [0.2, 0.25) is 5.28 Å². The van der Waals surface area contributed by atoms with Crippen LogP contribution in [0.5, 0.6) is 0 Å². The van der Waals surface area contributed by atoms with Crippen molar-refractivity contribution in [2.45, 2.75) is 38.6 Å². The molecule has 1 atom stereocenters. The van der Waals surface area contributed by atoms with Crippen molar-refractivity contribution in [2.24, 2.45) is 7.05 Å². The van der Waals surface area contributed by atoms with E-state index in [0.29, 0.717) is 29.0 Å². The van der Waals surface area contributed by atoms with Crippen LogP contribution in [0.25, 0.3) is 11.0 Å². The van der Waals surface area contributed by atoms with Crippen LogP contribution in [-0.4, -0.2) is 42.7 Å². The molecule has 0 aliphatic rings. The number of unbranched alkanes of at least 4 members (excludes halogenated alkanes) is 1. The Hall–Kier alpha value is -2.26. The van der Waals surface area contributed by atoms with Crippen molar-refractivity contribution >= 4 is 50.3 Å². The van der Waals surface area contributed by atoms with Crippen LogP contribution in [0.3, 0.4) is 0 Å². The highest BCUT2D eigenvalue weighted by Gasteiger charge is 2.27. The molecule has 0 saturated carbocycles. The number of hydrogen-bond donors (Lipinski definition) is 2. The zero-order chi connectivity index (χ0) is 21.0. The Morgan fingerprint density at radius 3 is 2.83 bits per heavy atom. The molecule has 0 aromatic carbocycles. The lowest BCUT2D eigenvalue weighted by atomic mass is 9.94. The van der Waals surface area contributed by atoms with Gasteiger partial charge in [-0.15, -0.1) is 0 Å². The lowest BCUT2D eigenvalue weighted by molar-refractivity contribution is 0.0945. The standard InChI is InChI=1S/C19H23BrClN7O/c1-4-5-6-19(2,11-23-17(29)12-8-24-28(3)10-12)27-16-15-14(25-18(21)26-16)7-13(20)9-22-15/h7-10H,4-6,11H2,1-3H3,(H,23,29)(H,25,26,27). The Balaban J connectivity index is 1.84. The van der Waals surface area contributed by atoms with E-state index < -0.39 is 5.54 Å². The Bertz CT molecular complexity index is 1020. The number of halogens is 2. The van der Waals surface area contributed by atoms with E-state index >= 15 is 0 Å². The van der Waals surface area contributed by atoms with Crippen LogP contribution in [-0.2, 0) is 7.05 Å². The van der Waals surface area contributed by atoms with Gasteiger partial charge in [0.05, 0.1) is 22.8 Å². The fraction of sp³-hybridized carbons (Fsp3) is 0.421. The van der Waals surface area contributed by atoms with Gasteiger partial charge < -0.3 is 10.6 Å². The first-order valence-corrected chi connectivity index (χ1v) is 10.5. The molecule has 0 aliphatic carbocycles. The average Bonchev–Trinajstić information content (AvgIpc) is 3.10. The van der Waals surface area contributed by atoms with Gasteiger partial charge in [0.1, 0.15) is 5.52 Å². The van der Waals surface area contributed by atoms with Gasteiger partial charge in [-0.2, -0.15) is 10.1 Å². The number of hydrogen-bond acceptors (Lipinski definition) is 6. The van der Waals surface area contributed by atoms with Gasteiger partial charge >= 0.3 is 0 Å². The Kier molecular flexibility index (Phi) is 6.69. The van der Waals surface area contributed by atoms with Crippen molar-refractivity contribution in [3.05, 3.63) is 40.0 Å². The van der Waals surface area contributed by atoms with Gasteiger partial charge in [-0.25, -0.2) is 9.97 Å². The molecule has 0 fully saturated rings. The number of rotatable bonds is 8. The van der Waals surface area contributed by atoms with Crippen molar-refractivity contribution in [3.63, 3.8) is 0 Å². The predicted octanol–water partition coefficient (Wildman–Crippen LogP) is 3.97. The number of amides is 1. The first-order valence-electron chi connectivity index (χ1n) is 9.33. The third-order valence-electron chi connectivity index (χ3n) is 4.58. The number of aromatic nitrogens is 5. The second kappa shape index (κ2) is 9.04. The molecule has 3 rings (SSSR count). The summed E-state index contributed by atoms with van der Waals surface area (Å²) < 4.78 is 2.41. The minimum absolute atomic E-state index is 0.136. The number of pyridine rings is 1. The predicted molar refractivity (Wildman–Crippen MR) is 117 cm³/mol. The SMILES string of the molecule is CCCCC(C)(CNC(=O)c1cnn(C)c1)Nc1nc(Cl)nc2cc(Br)cnc12. The molecule has 1 amide bonds. The van der Waals surface area contributed by atoms with Crippen LogP contribution in [0.1, 0.15) is 43.5 Å². The van der Waals surface area contributed by atoms with Crippen molar-refractivity contribution in [2.75, 3.05) is 11.9 Å². The lowest BCUT2D eigenvalue weighted by Gasteiger charge is -2.32. The number of fused-ring (bicyclic) bond motifs is 1. The number of anilines is 1. The van der Waals surface area contributed by atoms with E-state index in [1.165, 1.54) is 0 Å². The summed E-state index contributed by atoms with van der Waals surface area (Å²) in [7, 11) is 1.78. The second-order valence-electron chi connectivity index (χ2n) is 7.24. The highest BCUT2D eigenvalue weighted by Crippen LogP contribution is 2.27. The van der Waals surface area contributed by atoms with Gasteiger partial charge in [0.25, 0.3) is 5.91 Å². The van der Waals surface area contributed by atoms with E-state index in [1.54, 1.807) is 30.3 Å². The molecule has 0 bridgehead atoms. The van der Waals surface area contributed by atoms with E-state index in [-0.39, 0.29) is 11.2 Å². The first-order chi connectivity index (χ1) is 13.8. The van der Waals surface area contributed by atoms with Gasteiger partial charge in [-0.3, -0.25) is 9.48 Å². The number of nitrogens with one attached hydrogen (secondary N) is 2. The summed E-state index contributed by atoms with van der Waals surface area (Å²) in [5.41, 5.74) is 1.33. The second-order valence-corrected chi connectivity index (χ2v) is 8.49. The minimum Gasteiger partial charge on any atom is -0.361 e. The Morgan fingerprint density at radius 1 is 1.34 bits per heavy atom.